The van der Waals surface area contributed by atoms with Crippen molar-refractivity contribution in [2.75, 3.05) is 11.9 Å². The Hall–Kier alpha value is -2.96. The van der Waals surface area contributed by atoms with E-state index < -0.39 is 36.2 Å². The number of hydrogen-bond acceptors (Lipinski definition) is 4. The van der Waals surface area contributed by atoms with Gasteiger partial charge in [-0.3, -0.25) is 4.79 Å². The number of rotatable bonds is 7. The second-order valence-corrected chi connectivity index (χ2v) is 5.11. The number of hydrogen-bond donors (Lipinski definition) is 1. The predicted molar refractivity (Wildman–Crippen MR) is 87.1 cm³/mol. The van der Waals surface area contributed by atoms with Crippen LogP contribution in [-0.2, 0) is 14.3 Å². The minimum Gasteiger partial charge on any atom is -0.479 e. The molecule has 5 nitrogen and oxygen atoms in total. The molecule has 0 unspecified atom stereocenters. The number of carbonyl (C=O) groups excluding carboxylic acids is 2. The van der Waals surface area contributed by atoms with Crippen molar-refractivity contribution >= 4 is 17.6 Å². The minimum atomic E-state index is -0.874. The molecule has 0 aromatic heterocycles. The molecule has 1 atom stereocenters. The van der Waals surface area contributed by atoms with Crippen LogP contribution in [0.1, 0.15) is 13.3 Å². The molecule has 1 amide bonds. The zero-order valence-corrected chi connectivity index (χ0v) is 13.5. The summed E-state index contributed by atoms with van der Waals surface area (Å²) in [5.41, 5.74) is -0.325. The van der Waals surface area contributed by atoms with Gasteiger partial charge in [-0.2, -0.15) is 0 Å². The van der Waals surface area contributed by atoms with E-state index in [0.29, 0.717) is 12.2 Å². The maximum atomic E-state index is 13.4. The average molecular weight is 349 g/mol. The van der Waals surface area contributed by atoms with E-state index in [1.165, 1.54) is 0 Å². The highest BCUT2D eigenvalue weighted by Crippen LogP contribution is 2.16. The normalized spacial score (nSPS) is 11.5. The topological polar surface area (TPSA) is 64.6 Å². The van der Waals surface area contributed by atoms with Crippen molar-refractivity contribution in [1.29, 1.82) is 0 Å². The Balaban J connectivity index is 1.87. The van der Waals surface area contributed by atoms with Crippen LogP contribution in [0.3, 0.4) is 0 Å². The van der Waals surface area contributed by atoms with E-state index in [9.17, 15) is 18.4 Å². The summed E-state index contributed by atoms with van der Waals surface area (Å²) in [5.74, 6) is -2.50. The molecule has 0 spiro atoms. The lowest BCUT2D eigenvalue weighted by atomic mass is 10.2. The Morgan fingerprint density at radius 2 is 1.84 bits per heavy atom. The molecule has 132 valence electrons. The molecule has 25 heavy (non-hydrogen) atoms. The number of halogens is 2. The molecule has 7 heteroatoms. The Morgan fingerprint density at radius 3 is 2.52 bits per heavy atom. The van der Waals surface area contributed by atoms with Crippen molar-refractivity contribution in [2.24, 2.45) is 0 Å². The van der Waals surface area contributed by atoms with Gasteiger partial charge < -0.3 is 14.8 Å². The third-order valence-electron chi connectivity index (χ3n) is 3.20. The molecular formula is C18H17F2NO4. The molecule has 2 aromatic rings. The number of nitrogens with one attached hydrogen (secondary N) is 1. The molecule has 0 radical (unpaired) electrons. The zero-order chi connectivity index (χ0) is 18.2. The van der Waals surface area contributed by atoms with Gasteiger partial charge in [0.15, 0.2) is 12.7 Å². The maximum Gasteiger partial charge on any atom is 0.347 e. The molecule has 2 rings (SSSR count). The molecule has 0 saturated carbocycles. The lowest BCUT2D eigenvalue weighted by Gasteiger charge is -2.16. The van der Waals surface area contributed by atoms with Gasteiger partial charge in [0.05, 0.1) is 5.69 Å². The number of esters is 1. The van der Waals surface area contributed by atoms with E-state index in [-0.39, 0.29) is 5.69 Å². The molecule has 0 aliphatic carbocycles. The van der Waals surface area contributed by atoms with Gasteiger partial charge in [-0.25, -0.2) is 13.6 Å². The number of amides is 1. The Kier molecular flexibility index (Phi) is 6.45. The zero-order valence-electron chi connectivity index (χ0n) is 13.5. The Bertz CT molecular complexity index is 737. The van der Waals surface area contributed by atoms with Crippen LogP contribution >= 0.6 is 0 Å². The number of carbonyl (C=O) groups is 2. The van der Waals surface area contributed by atoms with Crippen molar-refractivity contribution in [3.05, 3.63) is 60.2 Å². The highest BCUT2D eigenvalue weighted by Gasteiger charge is 2.21. The summed E-state index contributed by atoms with van der Waals surface area (Å²) >= 11 is 0. The fraction of sp³-hybridized carbons (Fsp3) is 0.222. The summed E-state index contributed by atoms with van der Waals surface area (Å²) in [7, 11) is 0. The number of para-hydroxylation sites is 1. The van der Waals surface area contributed by atoms with Crippen LogP contribution in [0.15, 0.2) is 48.5 Å². The van der Waals surface area contributed by atoms with E-state index in [1.807, 2.05) is 6.07 Å². The lowest BCUT2D eigenvalue weighted by Crippen LogP contribution is -2.31. The fourth-order valence-corrected chi connectivity index (χ4v) is 1.97. The van der Waals surface area contributed by atoms with Crippen molar-refractivity contribution in [3.63, 3.8) is 0 Å². The standard InChI is InChI=1S/C18H17F2NO4/c1-2-16(25-13-6-4-3-5-7-13)18(23)24-11-17(22)21-15-10-12(19)8-9-14(15)20/h3-10,16H,2,11H2,1H3,(H,21,22)/t16-/m1/s1. The third-order valence-corrected chi connectivity index (χ3v) is 3.20. The second-order valence-electron chi connectivity index (χ2n) is 5.11. The van der Waals surface area contributed by atoms with Gasteiger partial charge in [-0.05, 0) is 30.7 Å². The summed E-state index contributed by atoms with van der Waals surface area (Å²) in [6, 6.07) is 11.4. The van der Waals surface area contributed by atoms with Gasteiger partial charge in [0.1, 0.15) is 17.4 Å². The van der Waals surface area contributed by atoms with E-state index in [0.717, 1.165) is 18.2 Å². The first-order valence-corrected chi connectivity index (χ1v) is 7.63. The monoisotopic (exact) mass is 349 g/mol. The van der Waals surface area contributed by atoms with Crippen LogP contribution in [0.5, 0.6) is 5.75 Å². The van der Waals surface area contributed by atoms with Crippen molar-refractivity contribution < 1.29 is 27.8 Å². The van der Waals surface area contributed by atoms with E-state index in [1.54, 1.807) is 31.2 Å². The van der Waals surface area contributed by atoms with Crippen molar-refractivity contribution in [1.82, 2.24) is 0 Å². The van der Waals surface area contributed by atoms with Gasteiger partial charge in [-0.15, -0.1) is 0 Å². The van der Waals surface area contributed by atoms with Crippen LogP contribution in [0.4, 0.5) is 14.5 Å². The van der Waals surface area contributed by atoms with E-state index >= 15 is 0 Å². The highest BCUT2D eigenvalue weighted by atomic mass is 19.1. The average Bonchev–Trinajstić information content (AvgIpc) is 2.61. The Morgan fingerprint density at radius 1 is 1.12 bits per heavy atom. The van der Waals surface area contributed by atoms with Crippen LogP contribution < -0.4 is 10.1 Å². The quantitative estimate of drug-likeness (QED) is 0.779. The molecule has 0 aliphatic rings. The van der Waals surface area contributed by atoms with Gasteiger partial charge in [0.2, 0.25) is 0 Å². The highest BCUT2D eigenvalue weighted by molar-refractivity contribution is 5.93. The van der Waals surface area contributed by atoms with Gasteiger partial charge in [0, 0.05) is 6.07 Å². The summed E-state index contributed by atoms with van der Waals surface area (Å²) < 4.78 is 36.9. The molecule has 0 saturated heterocycles. The molecule has 0 aliphatic heterocycles. The largest absolute Gasteiger partial charge is 0.479 e. The van der Waals surface area contributed by atoms with Gasteiger partial charge in [-0.1, -0.05) is 25.1 Å². The van der Waals surface area contributed by atoms with Gasteiger partial charge in [0.25, 0.3) is 5.91 Å². The predicted octanol–water partition coefficient (Wildman–Crippen LogP) is 3.30. The first-order valence-electron chi connectivity index (χ1n) is 7.63. The summed E-state index contributed by atoms with van der Waals surface area (Å²) in [6.45, 7) is 1.10. The number of benzene rings is 2. The lowest BCUT2D eigenvalue weighted by molar-refractivity contribution is -0.154. The smallest absolute Gasteiger partial charge is 0.347 e. The summed E-state index contributed by atoms with van der Waals surface area (Å²) in [5, 5.41) is 2.14. The van der Waals surface area contributed by atoms with E-state index in [2.05, 4.69) is 5.32 Å². The van der Waals surface area contributed by atoms with Gasteiger partial charge >= 0.3 is 5.97 Å². The summed E-state index contributed by atoms with van der Waals surface area (Å²) in [6.07, 6.45) is -0.533. The first kappa shape index (κ1) is 18.4. The molecule has 0 bridgehead atoms. The maximum absolute atomic E-state index is 13.4. The second kappa shape index (κ2) is 8.77. The fourth-order valence-electron chi connectivity index (χ4n) is 1.97. The van der Waals surface area contributed by atoms with Crippen LogP contribution in [-0.4, -0.2) is 24.6 Å². The van der Waals surface area contributed by atoms with Crippen molar-refractivity contribution in [3.8, 4) is 5.75 Å². The number of anilines is 1. The van der Waals surface area contributed by atoms with Crippen LogP contribution in [0, 0.1) is 11.6 Å². The van der Waals surface area contributed by atoms with Crippen LogP contribution in [0.25, 0.3) is 0 Å². The molecule has 0 heterocycles. The molecule has 0 fully saturated rings. The molecule has 1 N–H and O–H groups in total. The third kappa shape index (κ3) is 5.56. The first-order chi connectivity index (χ1) is 12.0. The summed E-state index contributed by atoms with van der Waals surface area (Å²) in [4.78, 5) is 23.7. The van der Waals surface area contributed by atoms with Crippen LogP contribution in [0.2, 0.25) is 0 Å². The molecular weight excluding hydrogens is 332 g/mol. The minimum absolute atomic E-state index is 0.325. The molecule has 2 aromatic carbocycles. The van der Waals surface area contributed by atoms with E-state index in [4.69, 9.17) is 9.47 Å². The number of ether oxygens (including phenoxy) is 2. The van der Waals surface area contributed by atoms with Crippen molar-refractivity contribution in [2.45, 2.75) is 19.4 Å². The SMILES string of the molecule is CC[C@@H](Oc1ccccc1)C(=O)OCC(=O)Nc1cc(F)ccc1F. The Labute approximate surface area is 143 Å².